The molecule has 6 nitrogen and oxygen atoms in total. The largest absolute Gasteiger partial charge is 0.496 e. The van der Waals surface area contributed by atoms with E-state index in [1.807, 2.05) is 31.2 Å². The first-order valence-electron chi connectivity index (χ1n) is 13.4. The van der Waals surface area contributed by atoms with E-state index in [4.69, 9.17) is 9.47 Å². The van der Waals surface area contributed by atoms with Gasteiger partial charge in [-0.3, -0.25) is 4.79 Å². The maximum atomic E-state index is 13.4. The summed E-state index contributed by atoms with van der Waals surface area (Å²) in [4.78, 5) is 25.6. The lowest BCUT2D eigenvalue weighted by Gasteiger charge is -2.25. The average molecular weight is 512 g/mol. The molecular weight excluding hydrogens is 466 g/mol. The van der Waals surface area contributed by atoms with Gasteiger partial charge in [0.15, 0.2) is 0 Å². The van der Waals surface area contributed by atoms with Crippen LogP contribution in [0.2, 0.25) is 0 Å². The Labute approximate surface area is 222 Å². The van der Waals surface area contributed by atoms with Crippen LogP contribution in [0, 0.1) is 0 Å². The quantitative estimate of drug-likeness (QED) is 0.218. The summed E-state index contributed by atoms with van der Waals surface area (Å²) in [6.45, 7) is 10.4. The number of hydrogen-bond acceptors (Lipinski definition) is 5. The molecule has 6 heteroatoms. The fourth-order valence-corrected chi connectivity index (χ4v) is 4.69. The van der Waals surface area contributed by atoms with Gasteiger partial charge in [-0.15, -0.1) is 0 Å². The zero-order chi connectivity index (χ0) is 27.6. The van der Waals surface area contributed by atoms with Crippen molar-refractivity contribution in [3.8, 4) is 5.75 Å². The highest BCUT2D eigenvalue weighted by molar-refractivity contribution is 5.96. The number of unbranched alkanes of at least 4 members (excludes halogenated alkanes) is 2. The Kier molecular flexibility index (Phi) is 11.6. The number of anilines is 1. The van der Waals surface area contributed by atoms with Gasteiger partial charge in [0, 0.05) is 12.1 Å². The second-order valence-electron chi connectivity index (χ2n) is 10.8. The van der Waals surface area contributed by atoms with Crippen LogP contribution in [0.25, 0.3) is 0 Å². The summed E-state index contributed by atoms with van der Waals surface area (Å²) in [5.74, 6) is 0.0976. The number of nitrogens with one attached hydrogen (secondary N) is 1. The molecule has 2 N–H and O–H groups in total. The van der Waals surface area contributed by atoms with Crippen molar-refractivity contribution in [2.45, 2.75) is 97.0 Å². The monoisotopic (exact) mass is 511 g/mol. The number of amides is 1. The molecule has 2 aromatic rings. The van der Waals surface area contributed by atoms with Crippen LogP contribution in [0.5, 0.6) is 5.75 Å². The van der Waals surface area contributed by atoms with Crippen molar-refractivity contribution >= 4 is 17.6 Å². The van der Waals surface area contributed by atoms with E-state index in [0.29, 0.717) is 23.4 Å². The average Bonchev–Trinajstić information content (AvgIpc) is 2.86. The number of rotatable bonds is 13. The highest BCUT2D eigenvalue weighted by Crippen LogP contribution is 2.37. The van der Waals surface area contributed by atoms with Crippen molar-refractivity contribution in [3.63, 3.8) is 0 Å². The molecule has 0 heterocycles. The number of carbonyl (C=O) groups is 2. The van der Waals surface area contributed by atoms with Gasteiger partial charge in [-0.2, -0.15) is 0 Å². The van der Waals surface area contributed by atoms with Gasteiger partial charge >= 0.3 is 5.97 Å². The van der Waals surface area contributed by atoms with Gasteiger partial charge in [0.05, 0.1) is 25.9 Å². The summed E-state index contributed by atoms with van der Waals surface area (Å²) in [5, 5.41) is 13.6. The number of aliphatic hydroxyl groups excluding tert-OH is 1. The molecule has 0 aliphatic carbocycles. The predicted molar refractivity (Wildman–Crippen MR) is 149 cm³/mol. The van der Waals surface area contributed by atoms with Crippen molar-refractivity contribution in [1.29, 1.82) is 0 Å². The minimum absolute atomic E-state index is 0.0410. The number of carbonyl (C=O) groups excluding carboxylic acids is 2. The molecule has 0 bridgehead atoms. The first-order valence-corrected chi connectivity index (χ1v) is 13.4. The number of methoxy groups -OCH3 is 2. The van der Waals surface area contributed by atoms with Crippen LogP contribution < -0.4 is 10.1 Å². The molecule has 37 heavy (non-hydrogen) atoms. The molecule has 2 unspecified atom stereocenters. The normalized spacial score (nSPS) is 13.1. The summed E-state index contributed by atoms with van der Waals surface area (Å²) in [6, 6.07) is 11.1. The van der Waals surface area contributed by atoms with Crippen LogP contribution in [0.3, 0.4) is 0 Å². The molecule has 0 aromatic heterocycles. The zero-order valence-corrected chi connectivity index (χ0v) is 23.6. The molecule has 0 aliphatic heterocycles. The van der Waals surface area contributed by atoms with Crippen molar-refractivity contribution < 1.29 is 24.2 Å². The van der Waals surface area contributed by atoms with Crippen LogP contribution >= 0.6 is 0 Å². The Morgan fingerprint density at radius 2 is 1.70 bits per heavy atom. The van der Waals surface area contributed by atoms with Gasteiger partial charge in [0.25, 0.3) is 0 Å². The standard InChI is InChI=1S/C31H45NO5/c1-8-10-11-13-21(24-16-14-22(19-28(24)36-6)27(33)12-9-2)20-29(34)32-26-18-23(30(35)37-7)15-17-25(26)31(3,4)5/h14-19,21,27,33H,8-13,20H2,1-7H3,(H,32,34). The van der Waals surface area contributed by atoms with E-state index < -0.39 is 12.1 Å². The van der Waals surface area contributed by atoms with E-state index in [1.165, 1.54) is 7.11 Å². The van der Waals surface area contributed by atoms with E-state index in [-0.39, 0.29) is 23.7 Å². The van der Waals surface area contributed by atoms with Gasteiger partial charge in [-0.25, -0.2) is 4.79 Å². The maximum absolute atomic E-state index is 13.4. The third kappa shape index (κ3) is 8.60. The number of aliphatic hydroxyl groups is 1. The minimum Gasteiger partial charge on any atom is -0.496 e. The van der Waals surface area contributed by atoms with E-state index >= 15 is 0 Å². The van der Waals surface area contributed by atoms with Crippen LogP contribution in [0.1, 0.15) is 119 Å². The summed E-state index contributed by atoms with van der Waals surface area (Å²) < 4.78 is 10.6. The highest BCUT2D eigenvalue weighted by Gasteiger charge is 2.24. The molecule has 2 aromatic carbocycles. The molecule has 204 valence electrons. The van der Waals surface area contributed by atoms with Crippen molar-refractivity contribution in [3.05, 3.63) is 58.7 Å². The predicted octanol–water partition coefficient (Wildman–Crippen LogP) is 7.31. The third-order valence-electron chi connectivity index (χ3n) is 6.75. The molecule has 0 saturated carbocycles. The van der Waals surface area contributed by atoms with Crippen LogP contribution in [0.15, 0.2) is 36.4 Å². The van der Waals surface area contributed by atoms with Crippen molar-refractivity contribution in [2.75, 3.05) is 19.5 Å². The minimum atomic E-state index is -0.535. The van der Waals surface area contributed by atoms with Gasteiger partial charge in [-0.05, 0) is 59.1 Å². The van der Waals surface area contributed by atoms with E-state index in [1.54, 1.807) is 19.2 Å². The summed E-state index contributed by atoms with van der Waals surface area (Å²) in [5.41, 5.74) is 3.54. The third-order valence-corrected chi connectivity index (χ3v) is 6.75. The molecule has 0 radical (unpaired) electrons. The molecular formula is C31H45NO5. The van der Waals surface area contributed by atoms with Crippen molar-refractivity contribution in [2.24, 2.45) is 0 Å². The van der Waals surface area contributed by atoms with Crippen molar-refractivity contribution in [1.82, 2.24) is 0 Å². The molecule has 2 atom stereocenters. The Bertz CT molecular complexity index is 1040. The maximum Gasteiger partial charge on any atom is 0.337 e. The van der Waals surface area contributed by atoms with Gasteiger partial charge < -0.3 is 19.9 Å². The molecule has 0 saturated heterocycles. The van der Waals surface area contributed by atoms with Gasteiger partial charge in [-0.1, -0.05) is 78.5 Å². The fraction of sp³-hybridized carbons (Fsp3) is 0.548. The number of ether oxygens (including phenoxy) is 2. The Morgan fingerprint density at radius 3 is 2.30 bits per heavy atom. The van der Waals surface area contributed by atoms with E-state index in [0.717, 1.165) is 48.8 Å². The molecule has 0 aliphatic rings. The summed E-state index contributed by atoms with van der Waals surface area (Å²) in [6.07, 6.45) is 5.35. The summed E-state index contributed by atoms with van der Waals surface area (Å²) >= 11 is 0. The Hall–Kier alpha value is -2.86. The lowest BCUT2D eigenvalue weighted by Crippen LogP contribution is -2.21. The highest BCUT2D eigenvalue weighted by atomic mass is 16.5. The molecule has 0 fully saturated rings. The van der Waals surface area contributed by atoms with Gasteiger partial charge in [0.1, 0.15) is 5.75 Å². The SMILES string of the molecule is CCCCCC(CC(=O)Nc1cc(C(=O)OC)ccc1C(C)(C)C)c1ccc(C(O)CCC)cc1OC. The number of esters is 1. The van der Waals surface area contributed by atoms with E-state index in [2.05, 4.69) is 33.0 Å². The summed E-state index contributed by atoms with van der Waals surface area (Å²) in [7, 11) is 2.98. The smallest absolute Gasteiger partial charge is 0.337 e. The Balaban J connectivity index is 2.37. The zero-order valence-electron chi connectivity index (χ0n) is 23.6. The first kappa shape index (κ1) is 30.4. The van der Waals surface area contributed by atoms with Gasteiger partial charge in [0.2, 0.25) is 5.91 Å². The molecule has 1 amide bonds. The second kappa shape index (κ2) is 14.2. The van der Waals surface area contributed by atoms with E-state index in [9.17, 15) is 14.7 Å². The van der Waals surface area contributed by atoms with Crippen LogP contribution in [-0.2, 0) is 14.9 Å². The second-order valence-corrected chi connectivity index (χ2v) is 10.8. The number of benzene rings is 2. The van der Waals surface area contributed by atoms with Crippen LogP contribution in [-0.4, -0.2) is 31.2 Å². The molecule has 2 rings (SSSR count). The molecule has 0 spiro atoms. The lowest BCUT2D eigenvalue weighted by molar-refractivity contribution is -0.116. The topological polar surface area (TPSA) is 84.9 Å². The number of hydrogen-bond donors (Lipinski definition) is 2. The first-order chi connectivity index (χ1) is 17.5. The Morgan fingerprint density at radius 1 is 0.973 bits per heavy atom. The fourth-order valence-electron chi connectivity index (χ4n) is 4.69. The lowest BCUT2D eigenvalue weighted by atomic mass is 9.84. The van der Waals surface area contributed by atoms with Crippen LogP contribution in [0.4, 0.5) is 5.69 Å².